The van der Waals surface area contributed by atoms with E-state index in [1.807, 2.05) is 0 Å². The standard InChI is InChI=1S/C11H13BrN2O3S/c12-8-1-5-10(6-2-8)18(16,17)13-7-11(15)14-9-3-4-9/h1-2,5-6,9,13H,3-4,7H2,(H,14,15). The number of halogens is 1. The van der Waals surface area contributed by atoms with Crippen LogP contribution in [0.5, 0.6) is 0 Å². The molecule has 0 aromatic heterocycles. The largest absolute Gasteiger partial charge is 0.352 e. The summed E-state index contributed by atoms with van der Waals surface area (Å²) < 4.78 is 26.8. The first-order valence-corrected chi connectivity index (χ1v) is 7.79. The molecule has 1 amide bonds. The second-order valence-electron chi connectivity index (χ2n) is 4.12. The van der Waals surface area contributed by atoms with E-state index in [1.54, 1.807) is 12.1 Å². The van der Waals surface area contributed by atoms with E-state index < -0.39 is 10.0 Å². The van der Waals surface area contributed by atoms with E-state index in [9.17, 15) is 13.2 Å². The second kappa shape index (κ2) is 5.38. The zero-order chi connectivity index (χ0) is 13.2. The smallest absolute Gasteiger partial charge is 0.241 e. The molecule has 0 radical (unpaired) electrons. The highest BCUT2D eigenvalue weighted by Gasteiger charge is 2.24. The minimum absolute atomic E-state index is 0.143. The van der Waals surface area contributed by atoms with Gasteiger partial charge in [-0.05, 0) is 37.1 Å². The van der Waals surface area contributed by atoms with Crippen molar-refractivity contribution in [3.63, 3.8) is 0 Å². The van der Waals surface area contributed by atoms with Crippen molar-refractivity contribution in [3.8, 4) is 0 Å². The third-order valence-electron chi connectivity index (χ3n) is 2.49. The molecular weight excluding hydrogens is 320 g/mol. The molecule has 0 unspecified atom stereocenters. The molecule has 2 N–H and O–H groups in total. The number of nitrogens with one attached hydrogen (secondary N) is 2. The van der Waals surface area contributed by atoms with Gasteiger partial charge in [0, 0.05) is 10.5 Å². The van der Waals surface area contributed by atoms with Crippen molar-refractivity contribution in [1.29, 1.82) is 0 Å². The van der Waals surface area contributed by atoms with Crippen LogP contribution in [-0.4, -0.2) is 26.9 Å². The zero-order valence-corrected chi connectivity index (χ0v) is 11.9. The van der Waals surface area contributed by atoms with Crippen LogP contribution in [0.25, 0.3) is 0 Å². The summed E-state index contributed by atoms with van der Waals surface area (Å²) in [6, 6.07) is 6.46. The predicted octanol–water partition coefficient (Wildman–Crippen LogP) is 1.01. The average Bonchev–Trinajstić information content (AvgIpc) is 3.11. The molecule has 1 saturated carbocycles. The number of carbonyl (C=O) groups excluding carboxylic acids is 1. The number of rotatable bonds is 5. The van der Waals surface area contributed by atoms with Gasteiger partial charge in [0.05, 0.1) is 11.4 Å². The normalized spacial score (nSPS) is 15.4. The fourth-order valence-corrected chi connectivity index (χ4v) is 2.61. The van der Waals surface area contributed by atoms with Gasteiger partial charge in [-0.15, -0.1) is 0 Å². The Morgan fingerprint density at radius 3 is 2.44 bits per heavy atom. The number of sulfonamides is 1. The van der Waals surface area contributed by atoms with Crippen LogP contribution in [0.15, 0.2) is 33.6 Å². The lowest BCUT2D eigenvalue weighted by molar-refractivity contribution is -0.120. The minimum Gasteiger partial charge on any atom is -0.352 e. The van der Waals surface area contributed by atoms with Crippen LogP contribution in [0.3, 0.4) is 0 Å². The Morgan fingerprint density at radius 1 is 1.28 bits per heavy atom. The molecule has 0 atom stereocenters. The van der Waals surface area contributed by atoms with Gasteiger partial charge in [0.2, 0.25) is 15.9 Å². The van der Waals surface area contributed by atoms with Gasteiger partial charge in [0.25, 0.3) is 0 Å². The molecule has 1 aromatic carbocycles. The van der Waals surface area contributed by atoms with Crippen molar-refractivity contribution >= 4 is 31.9 Å². The molecule has 0 bridgehead atoms. The van der Waals surface area contributed by atoms with Crippen LogP contribution in [0.4, 0.5) is 0 Å². The maximum atomic E-state index is 11.8. The fraction of sp³-hybridized carbons (Fsp3) is 0.364. The molecule has 2 rings (SSSR count). The monoisotopic (exact) mass is 332 g/mol. The van der Waals surface area contributed by atoms with E-state index >= 15 is 0 Å². The molecular formula is C11H13BrN2O3S. The lowest BCUT2D eigenvalue weighted by atomic mass is 10.4. The Morgan fingerprint density at radius 2 is 1.89 bits per heavy atom. The van der Waals surface area contributed by atoms with Crippen molar-refractivity contribution < 1.29 is 13.2 Å². The molecule has 1 aromatic rings. The Hall–Kier alpha value is -0.920. The lowest BCUT2D eigenvalue weighted by Crippen LogP contribution is -2.37. The highest BCUT2D eigenvalue weighted by atomic mass is 79.9. The number of amides is 1. The average molecular weight is 333 g/mol. The highest BCUT2D eigenvalue weighted by Crippen LogP contribution is 2.18. The molecule has 1 aliphatic rings. The van der Waals surface area contributed by atoms with Crippen molar-refractivity contribution in [3.05, 3.63) is 28.7 Å². The third-order valence-corrected chi connectivity index (χ3v) is 4.43. The summed E-state index contributed by atoms with van der Waals surface area (Å²) in [5.74, 6) is -0.293. The van der Waals surface area contributed by atoms with E-state index in [-0.39, 0.29) is 23.4 Å². The maximum absolute atomic E-state index is 11.8. The zero-order valence-electron chi connectivity index (χ0n) is 9.52. The number of benzene rings is 1. The van der Waals surface area contributed by atoms with Crippen molar-refractivity contribution in [2.45, 2.75) is 23.8 Å². The Kier molecular flexibility index (Phi) is 4.04. The fourth-order valence-electron chi connectivity index (χ4n) is 1.36. The molecule has 1 aliphatic carbocycles. The topological polar surface area (TPSA) is 75.3 Å². The van der Waals surface area contributed by atoms with Gasteiger partial charge in [-0.25, -0.2) is 13.1 Å². The SMILES string of the molecule is O=C(CNS(=O)(=O)c1ccc(Br)cc1)NC1CC1. The lowest BCUT2D eigenvalue weighted by Gasteiger charge is -2.07. The van der Waals surface area contributed by atoms with Gasteiger partial charge in [0.15, 0.2) is 0 Å². The molecule has 0 aliphatic heterocycles. The van der Waals surface area contributed by atoms with Crippen LogP contribution in [-0.2, 0) is 14.8 Å². The Labute approximate surface area is 114 Å². The van der Waals surface area contributed by atoms with Crippen molar-refractivity contribution in [2.75, 3.05) is 6.54 Å². The first kappa shape index (κ1) is 13.5. The van der Waals surface area contributed by atoms with Crippen LogP contribution in [0.1, 0.15) is 12.8 Å². The summed E-state index contributed by atoms with van der Waals surface area (Å²) in [5, 5.41) is 2.71. The van der Waals surface area contributed by atoms with Crippen LogP contribution >= 0.6 is 15.9 Å². The van der Waals surface area contributed by atoms with Gasteiger partial charge in [-0.3, -0.25) is 4.79 Å². The molecule has 98 valence electrons. The summed E-state index contributed by atoms with van der Waals surface area (Å²) in [7, 11) is -3.62. The molecule has 0 spiro atoms. The van der Waals surface area contributed by atoms with E-state index in [0.717, 1.165) is 17.3 Å². The first-order valence-electron chi connectivity index (χ1n) is 5.52. The summed E-state index contributed by atoms with van der Waals surface area (Å²) in [5.41, 5.74) is 0. The molecule has 0 saturated heterocycles. The van der Waals surface area contributed by atoms with Crippen molar-refractivity contribution in [1.82, 2.24) is 10.0 Å². The molecule has 7 heteroatoms. The van der Waals surface area contributed by atoms with Gasteiger partial charge in [0.1, 0.15) is 0 Å². The number of carbonyl (C=O) groups is 1. The third kappa shape index (κ3) is 3.79. The number of hydrogen-bond acceptors (Lipinski definition) is 3. The van der Waals surface area contributed by atoms with Crippen LogP contribution < -0.4 is 10.0 Å². The van der Waals surface area contributed by atoms with Crippen LogP contribution in [0, 0.1) is 0 Å². The molecule has 0 heterocycles. The first-order chi connectivity index (χ1) is 8.47. The number of hydrogen-bond donors (Lipinski definition) is 2. The van der Waals surface area contributed by atoms with E-state index in [1.165, 1.54) is 12.1 Å². The van der Waals surface area contributed by atoms with Crippen molar-refractivity contribution in [2.24, 2.45) is 0 Å². The second-order valence-corrected chi connectivity index (χ2v) is 6.80. The van der Waals surface area contributed by atoms with Crippen LogP contribution in [0.2, 0.25) is 0 Å². The summed E-state index contributed by atoms with van der Waals surface area (Å²) in [4.78, 5) is 11.5. The van der Waals surface area contributed by atoms with Gasteiger partial charge in [-0.1, -0.05) is 15.9 Å². The van der Waals surface area contributed by atoms with Gasteiger partial charge in [-0.2, -0.15) is 0 Å². The quantitative estimate of drug-likeness (QED) is 0.844. The van der Waals surface area contributed by atoms with E-state index in [2.05, 4.69) is 26.0 Å². The summed E-state index contributed by atoms with van der Waals surface area (Å²) in [6.45, 7) is -0.227. The predicted molar refractivity (Wildman–Crippen MR) is 70.5 cm³/mol. The van der Waals surface area contributed by atoms with Gasteiger partial charge < -0.3 is 5.32 Å². The Balaban J connectivity index is 1.94. The summed E-state index contributed by atoms with van der Waals surface area (Å²) in [6.07, 6.45) is 1.95. The molecule has 1 fully saturated rings. The Bertz CT molecular complexity index is 538. The van der Waals surface area contributed by atoms with E-state index in [4.69, 9.17) is 0 Å². The molecule has 5 nitrogen and oxygen atoms in total. The van der Waals surface area contributed by atoms with E-state index in [0.29, 0.717) is 0 Å². The van der Waals surface area contributed by atoms with Gasteiger partial charge >= 0.3 is 0 Å². The maximum Gasteiger partial charge on any atom is 0.241 e. The minimum atomic E-state index is -3.62. The highest BCUT2D eigenvalue weighted by molar-refractivity contribution is 9.10. The molecule has 18 heavy (non-hydrogen) atoms. The summed E-state index contributed by atoms with van der Waals surface area (Å²) >= 11 is 3.23.